The van der Waals surface area contributed by atoms with Gasteiger partial charge >= 0.3 is 0 Å². The number of halogens is 2. The van der Waals surface area contributed by atoms with Crippen molar-refractivity contribution in [3.8, 4) is 11.5 Å². The molecule has 0 aromatic heterocycles. The largest absolute Gasteiger partial charge is 0.493 e. The maximum atomic E-state index is 13.7. The van der Waals surface area contributed by atoms with Crippen molar-refractivity contribution in [3.63, 3.8) is 0 Å². The molecule has 1 N–H and O–H groups in total. The number of carbonyl (C=O) groups is 1. The molecule has 4 rings (SSSR count). The van der Waals surface area contributed by atoms with Crippen LogP contribution in [0.15, 0.2) is 42.5 Å². The van der Waals surface area contributed by atoms with Crippen molar-refractivity contribution < 1.29 is 23.0 Å². The maximum absolute atomic E-state index is 13.7. The van der Waals surface area contributed by atoms with Crippen LogP contribution in [-0.2, 0) is 6.61 Å². The quantitative estimate of drug-likeness (QED) is 0.889. The average molecular weight is 374 g/mol. The molecule has 0 saturated carbocycles. The van der Waals surface area contributed by atoms with Crippen molar-refractivity contribution in [2.45, 2.75) is 25.0 Å². The smallest absolute Gasteiger partial charge is 0.267 e. The fraction of sp³-hybridized carbons (Fsp3) is 0.350. The molecular weight excluding hydrogens is 354 g/mol. The normalized spacial score (nSPS) is 20.3. The van der Waals surface area contributed by atoms with E-state index in [0.717, 1.165) is 5.56 Å². The third kappa shape index (κ3) is 3.41. The van der Waals surface area contributed by atoms with E-state index in [1.54, 1.807) is 12.1 Å². The van der Waals surface area contributed by atoms with Gasteiger partial charge in [-0.15, -0.1) is 0 Å². The summed E-state index contributed by atoms with van der Waals surface area (Å²) in [7, 11) is 1.48. The van der Waals surface area contributed by atoms with Gasteiger partial charge in [0, 0.05) is 19.0 Å². The number of anilines is 1. The molecule has 2 aliphatic heterocycles. The number of benzene rings is 2. The Morgan fingerprint density at radius 2 is 2.00 bits per heavy atom. The third-order valence-electron chi connectivity index (χ3n) is 4.94. The van der Waals surface area contributed by atoms with Gasteiger partial charge in [-0.3, -0.25) is 4.79 Å². The third-order valence-corrected chi connectivity index (χ3v) is 4.94. The van der Waals surface area contributed by atoms with Gasteiger partial charge in [-0.25, -0.2) is 8.78 Å². The monoisotopic (exact) mass is 374 g/mol. The van der Waals surface area contributed by atoms with E-state index in [0.29, 0.717) is 29.4 Å². The fourth-order valence-corrected chi connectivity index (χ4v) is 3.59. The van der Waals surface area contributed by atoms with Crippen molar-refractivity contribution in [1.29, 1.82) is 0 Å². The Morgan fingerprint density at radius 1 is 1.22 bits per heavy atom. The Bertz CT molecular complexity index is 858. The lowest BCUT2D eigenvalue weighted by atomic mass is 10.1. The Balaban J connectivity index is 1.62. The number of amides is 1. The molecule has 5 nitrogen and oxygen atoms in total. The molecule has 7 heteroatoms. The number of rotatable bonds is 4. The lowest BCUT2D eigenvalue weighted by Crippen LogP contribution is -2.37. The zero-order valence-corrected chi connectivity index (χ0v) is 14.9. The molecular formula is C20H20F2N2O3. The standard InChI is InChI=1S/C20H20F2N2O3/c1-26-17-7-15-16(8-18(17)27-11-13-5-3-2-4-6-13)23-10-14-9-20(21,22)12-24(14)19(15)25/h2-8,14,23H,9-12H2,1H3/t14-/m0/s1. The lowest BCUT2D eigenvalue weighted by molar-refractivity contribution is 0.0118. The molecule has 1 fully saturated rings. The first-order chi connectivity index (χ1) is 13.0. The van der Waals surface area contributed by atoms with Gasteiger partial charge < -0.3 is 19.7 Å². The highest BCUT2D eigenvalue weighted by Crippen LogP contribution is 2.40. The van der Waals surface area contributed by atoms with Crippen LogP contribution in [0.4, 0.5) is 14.5 Å². The van der Waals surface area contributed by atoms with Gasteiger partial charge in [0.25, 0.3) is 11.8 Å². The molecule has 1 saturated heterocycles. The van der Waals surface area contributed by atoms with Gasteiger partial charge in [0.05, 0.1) is 30.9 Å². The van der Waals surface area contributed by atoms with Gasteiger partial charge in [-0.2, -0.15) is 0 Å². The molecule has 142 valence electrons. The zero-order valence-electron chi connectivity index (χ0n) is 14.9. The molecule has 2 heterocycles. The van der Waals surface area contributed by atoms with E-state index in [2.05, 4.69) is 5.32 Å². The summed E-state index contributed by atoms with van der Waals surface area (Å²) >= 11 is 0. The minimum absolute atomic E-state index is 0.277. The van der Waals surface area contributed by atoms with Crippen molar-refractivity contribution in [2.75, 3.05) is 25.5 Å². The molecule has 2 aromatic rings. The van der Waals surface area contributed by atoms with Crippen LogP contribution < -0.4 is 14.8 Å². The van der Waals surface area contributed by atoms with E-state index in [1.807, 2.05) is 30.3 Å². The number of fused-ring (bicyclic) bond motifs is 2. The molecule has 0 radical (unpaired) electrons. The number of alkyl halides is 2. The van der Waals surface area contributed by atoms with Gasteiger partial charge in [-0.05, 0) is 11.6 Å². The number of nitrogens with zero attached hydrogens (tertiary/aromatic N) is 1. The molecule has 1 atom stereocenters. The average Bonchev–Trinajstić information content (AvgIpc) is 2.93. The fourth-order valence-electron chi connectivity index (χ4n) is 3.59. The van der Waals surface area contributed by atoms with Crippen molar-refractivity contribution in [3.05, 3.63) is 53.6 Å². The summed E-state index contributed by atoms with van der Waals surface area (Å²) < 4.78 is 38.7. The second kappa shape index (κ2) is 6.72. The predicted octanol–water partition coefficient (Wildman–Crippen LogP) is 3.55. The molecule has 0 bridgehead atoms. The van der Waals surface area contributed by atoms with E-state index in [9.17, 15) is 13.6 Å². The number of ether oxygens (including phenoxy) is 2. The minimum atomic E-state index is -2.84. The van der Waals surface area contributed by atoms with Crippen LogP contribution in [0.1, 0.15) is 22.3 Å². The topological polar surface area (TPSA) is 50.8 Å². The summed E-state index contributed by atoms with van der Waals surface area (Å²) in [6.45, 7) is 0.0792. The highest BCUT2D eigenvalue weighted by atomic mass is 19.3. The van der Waals surface area contributed by atoms with Crippen molar-refractivity contribution in [2.24, 2.45) is 0 Å². The first kappa shape index (κ1) is 17.6. The predicted molar refractivity (Wildman–Crippen MR) is 96.6 cm³/mol. The van der Waals surface area contributed by atoms with Gasteiger partial charge in [-0.1, -0.05) is 30.3 Å². The summed E-state index contributed by atoms with van der Waals surface area (Å²) in [6, 6.07) is 12.4. The second-order valence-corrected chi connectivity index (χ2v) is 6.85. The lowest BCUT2D eigenvalue weighted by Gasteiger charge is -2.20. The molecule has 2 aromatic carbocycles. The number of carbonyl (C=O) groups excluding carboxylic acids is 1. The van der Waals surface area contributed by atoms with E-state index in [4.69, 9.17) is 9.47 Å². The number of hydrogen-bond acceptors (Lipinski definition) is 4. The van der Waals surface area contributed by atoms with Crippen molar-refractivity contribution in [1.82, 2.24) is 4.90 Å². The summed E-state index contributed by atoms with van der Waals surface area (Å²) in [6.07, 6.45) is -0.325. The number of nitrogens with one attached hydrogen (secondary N) is 1. The molecule has 2 aliphatic rings. The van der Waals surface area contributed by atoms with Gasteiger partial charge in [0.1, 0.15) is 6.61 Å². The zero-order chi connectivity index (χ0) is 19.0. The Hall–Kier alpha value is -2.83. The summed E-state index contributed by atoms with van der Waals surface area (Å²) in [5.74, 6) is -2.37. The minimum Gasteiger partial charge on any atom is -0.493 e. The second-order valence-electron chi connectivity index (χ2n) is 6.85. The van der Waals surface area contributed by atoms with Crippen LogP contribution in [0.3, 0.4) is 0 Å². The van der Waals surface area contributed by atoms with E-state index < -0.39 is 24.4 Å². The Kier molecular flexibility index (Phi) is 4.37. The van der Waals surface area contributed by atoms with Crippen LogP contribution in [0.2, 0.25) is 0 Å². The van der Waals surface area contributed by atoms with Gasteiger partial charge in [0.2, 0.25) is 0 Å². The van der Waals surface area contributed by atoms with Crippen LogP contribution in [0.5, 0.6) is 11.5 Å². The Morgan fingerprint density at radius 3 is 2.74 bits per heavy atom. The van der Waals surface area contributed by atoms with Gasteiger partial charge in [0.15, 0.2) is 11.5 Å². The summed E-state index contributed by atoms with van der Waals surface area (Å²) in [4.78, 5) is 14.1. The molecule has 0 aliphatic carbocycles. The first-order valence-electron chi connectivity index (χ1n) is 8.78. The Labute approximate surface area is 155 Å². The molecule has 27 heavy (non-hydrogen) atoms. The van der Waals surface area contributed by atoms with Crippen LogP contribution in [-0.4, -0.2) is 43.0 Å². The SMILES string of the molecule is COc1cc2c(cc1OCc1ccccc1)NC[C@@H]1CC(F)(F)CN1C2=O. The summed E-state index contributed by atoms with van der Waals surface area (Å²) in [5, 5.41) is 3.12. The van der Waals surface area contributed by atoms with E-state index in [1.165, 1.54) is 12.0 Å². The number of hydrogen-bond donors (Lipinski definition) is 1. The highest BCUT2D eigenvalue weighted by Gasteiger charge is 2.48. The summed E-state index contributed by atoms with van der Waals surface area (Å²) in [5.41, 5.74) is 1.89. The van der Waals surface area contributed by atoms with E-state index in [-0.39, 0.29) is 13.0 Å². The number of methoxy groups -OCH3 is 1. The first-order valence-corrected chi connectivity index (χ1v) is 8.78. The molecule has 0 spiro atoms. The molecule has 1 amide bonds. The van der Waals surface area contributed by atoms with E-state index >= 15 is 0 Å². The maximum Gasteiger partial charge on any atom is 0.267 e. The van der Waals surface area contributed by atoms with Crippen LogP contribution in [0.25, 0.3) is 0 Å². The highest BCUT2D eigenvalue weighted by molar-refractivity contribution is 6.01. The molecule has 0 unspecified atom stereocenters. The van der Waals surface area contributed by atoms with Crippen LogP contribution in [0, 0.1) is 0 Å². The van der Waals surface area contributed by atoms with Crippen molar-refractivity contribution >= 4 is 11.6 Å². The van der Waals surface area contributed by atoms with Crippen LogP contribution >= 0.6 is 0 Å².